The van der Waals surface area contributed by atoms with Gasteiger partial charge in [0, 0.05) is 29.6 Å². The number of nitrogens with zero attached hydrogens (tertiary/aromatic N) is 1. The molecule has 0 heterocycles. The van der Waals surface area contributed by atoms with E-state index in [0.717, 1.165) is 29.8 Å². The van der Waals surface area contributed by atoms with Crippen LogP contribution in [0.1, 0.15) is 52.2 Å². The first-order valence-electron chi connectivity index (χ1n) is 15.5. The Morgan fingerprint density at radius 2 is 1.26 bits per heavy atom. The third-order valence-corrected chi connectivity index (χ3v) is 9.00. The minimum absolute atomic E-state index is 0.0509. The summed E-state index contributed by atoms with van der Waals surface area (Å²) in [5, 5.41) is 0. The second-order valence-electron chi connectivity index (χ2n) is 13.6. The van der Waals surface area contributed by atoms with E-state index in [1.165, 1.54) is 38.8 Å². The van der Waals surface area contributed by atoms with E-state index in [9.17, 15) is 0 Å². The molecule has 0 atom stereocenters. The molecule has 216 valence electrons. The van der Waals surface area contributed by atoms with Crippen molar-refractivity contribution < 1.29 is 4.65 Å². The van der Waals surface area contributed by atoms with E-state index in [4.69, 9.17) is 4.65 Å². The van der Waals surface area contributed by atoms with Gasteiger partial charge in [-0.15, -0.1) is 0 Å². The zero-order valence-corrected chi connectivity index (χ0v) is 26.4. The summed E-state index contributed by atoms with van der Waals surface area (Å²) in [4.78, 5) is 2.40. The minimum Gasteiger partial charge on any atom is -0.433 e. The van der Waals surface area contributed by atoms with E-state index in [0.29, 0.717) is 0 Å². The average Bonchev–Trinajstić information content (AvgIpc) is 3.24. The van der Waals surface area contributed by atoms with Gasteiger partial charge >= 0.3 is 6.92 Å². The van der Waals surface area contributed by atoms with Crippen molar-refractivity contribution in [2.45, 2.75) is 52.8 Å². The smallest absolute Gasteiger partial charge is 0.326 e. The first-order valence-corrected chi connectivity index (χ1v) is 15.5. The van der Waals surface area contributed by atoms with Gasteiger partial charge in [-0.25, -0.2) is 0 Å². The average molecular weight is 564 g/mol. The molecule has 43 heavy (non-hydrogen) atoms. The van der Waals surface area contributed by atoms with E-state index in [1.54, 1.807) is 0 Å². The van der Waals surface area contributed by atoms with Crippen molar-refractivity contribution >= 4 is 29.4 Å². The molecule has 0 aliphatic heterocycles. The minimum atomic E-state index is -0.0687. The van der Waals surface area contributed by atoms with Crippen molar-refractivity contribution in [1.82, 2.24) is 0 Å². The molecule has 2 nitrogen and oxygen atoms in total. The molecule has 0 bridgehead atoms. The van der Waals surface area contributed by atoms with Gasteiger partial charge in [0.25, 0.3) is 0 Å². The van der Waals surface area contributed by atoms with Crippen LogP contribution in [0.5, 0.6) is 0 Å². The highest BCUT2D eigenvalue weighted by molar-refractivity contribution is 6.67. The van der Waals surface area contributed by atoms with Crippen LogP contribution in [0.25, 0.3) is 22.3 Å². The van der Waals surface area contributed by atoms with Crippen LogP contribution in [0.2, 0.25) is 6.32 Å². The molecule has 0 N–H and O–H groups in total. The molecule has 0 unspecified atom stereocenters. The fourth-order valence-corrected chi connectivity index (χ4v) is 6.56. The summed E-state index contributed by atoms with van der Waals surface area (Å²) < 4.78 is 6.05. The monoisotopic (exact) mass is 563 g/mol. The third-order valence-electron chi connectivity index (χ3n) is 9.00. The zero-order valence-electron chi connectivity index (χ0n) is 26.4. The van der Waals surface area contributed by atoms with Crippen LogP contribution in [0, 0.1) is 5.41 Å². The molecule has 6 rings (SSSR count). The van der Waals surface area contributed by atoms with Crippen LogP contribution >= 0.6 is 0 Å². The van der Waals surface area contributed by atoms with Gasteiger partial charge in [-0.3, -0.25) is 0 Å². The van der Waals surface area contributed by atoms with Gasteiger partial charge in [0.15, 0.2) is 0 Å². The van der Waals surface area contributed by atoms with E-state index in [2.05, 4.69) is 161 Å². The first kappa shape index (κ1) is 29.0. The predicted molar refractivity (Wildman–Crippen MR) is 185 cm³/mol. The number of benzene rings is 5. The summed E-state index contributed by atoms with van der Waals surface area (Å²) in [6.45, 7) is 11.6. The van der Waals surface area contributed by atoms with Gasteiger partial charge in [-0.05, 0) is 87.0 Å². The Labute approximate surface area is 258 Å². The lowest BCUT2D eigenvalue weighted by Gasteiger charge is -2.29. The lowest BCUT2D eigenvalue weighted by molar-refractivity contribution is 0.375. The number of hydrogen-bond donors (Lipinski definition) is 0. The molecule has 3 heteroatoms. The maximum Gasteiger partial charge on any atom is 0.326 e. The normalized spacial score (nSPS) is 13.3. The molecule has 5 aromatic rings. The van der Waals surface area contributed by atoms with Crippen LogP contribution in [-0.4, -0.2) is 14.0 Å². The molecule has 0 saturated heterocycles. The van der Waals surface area contributed by atoms with E-state index < -0.39 is 0 Å². The zero-order chi connectivity index (χ0) is 30.2. The largest absolute Gasteiger partial charge is 0.433 e. The molecular formula is C40H42BNO. The lowest BCUT2D eigenvalue weighted by atomic mass is 9.56. The van der Waals surface area contributed by atoms with Gasteiger partial charge in [0.2, 0.25) is 0 Å². The molecule has 0 fully saturated rings. The summed E-state index contributed by atoms with van der Waals surface area (Å²) in [7, 11) is 1.83. The Kier molecular flexibility index (Phi) is 7.79. The first-order chi connectivity index (χ1) is 20.7. The maximum absolute atomic E-state index is 6.05. The predicted octanol–water partition coefficient (Wildman–Crippen LogP) is 10.4. The van der Waals surface area contributed by atoms with Crippen LogP contribution in [0.4, 0.5) is 17.1 Å². The third kappa shape index (κ3) is 5.79. The Balaban J connectivity index is 1.45. The second-order valence-corrected chi connectivity index (χ2v) is 13.6. The summed E-state index contributed by atoms with van der Waals surface area (Å²) in [6.07, 6.45) is 2.08. The topological polar surface area (TPSA) is 12.5 Å². The number of rotatable bonds is 8. The molecule has 1 aliphatic rings. The molecule has 0 aromatic heterocycles. The molecule has 5 aromatic carbocycles. The quantitative estimate of drug-likeness (QED) is 0.174. The van der Waals surface area contributed by atoms with Crippen molar-refractivity contribution in [3.8, 4) is 22.3 Å². The van der Waals surface area contributed by atoms with Crippen molar-refractivity contribution in [1.29, 1.82) is 0 Å². The molecule has 1 aliphatic carbocycles. The van der Waals surface area contributed by atoms with Gasteiger partial charge in [-0.1, -0.05) is 126 Å². The summed E-state index contributed by atoms with van der Waals surface area (Å²) in [6, 6.07) is 44.3. The molecule has 0 radical (unpaired) electrons. The van der Waals surface area contributed by atoms with E-state index in [1.807, 2.05) is 7.11 Å². The van der Waals surface area contributed by atoms with Crippen LogP contribution < -0.4 is 10.4 Å². The van der Waals surface area contributed by atoms with Gasteiger partial charge in [0.1, 0.15) is 0 Å². The van der Waals surface area contributed by atoms with Crippen molar-refractivity contribution in [2.75, 3.05) is 12.0 Å². The molecular weight excluding hydrogens is 521 g/mol. The Bertz CT molecular complexity index is 1720. The highest BCUT2D eigenvalue weighted by atomic mass is 16.4. The van der Waals surface area contributed by atoms with E-state index in [-0.39, 0.29) is 17.7 Å². The number of anilines is 3. The van der Waals surface area contributed by atoms with Crippen molar-refractivity contribution in [2.24, 2.45) is 5.41 Å². The van der Waals surface area contributed by atoms with Gasteiger partial charge in [-0.2, -0.15) is 0 Å². The SMILES string of the molecule is COB(CCC(C)(C)C)c1cccc(N(c2ccc(-c3ccccc3)cc2)c2ccc3c(c2)C(C)(C)c2ccccc2-3)c1. The van der Waals surface area contributed by atoms with Crippen LogP contribution in [0.15, 0.2) is 121 Å². The maximum atomic E-state index is 6.05. The number of hydrogen-bond acceptors (Lipinski definition) is 2. The second kappa shape index (κ2) is 11.5. The number of fused-ring (bicyclic) bond motifs is 3. The Hall–Kier alpha value is -4.08. The molecule has 0 saturated carbocycles. The highest BCUT2D eigenvalue weighted by Gasteiger charge is 2.35. The van der Waals surface area contributed by atoms with Gasteiger partial charge in [0.05, 0.1) is 0 Å². The summed E-state index contributed by atoms with van der Waals surface area (Å²) >= 11 is 0. The van der Waals surface area contributed by atoms with Crippen LogP contribution in [-0.2, 0) is 10.1 Å². The van der Waals surface area contributed by atoms with Crippen molar-refractivity contribution in [3.05, 3.63) is 132 Å². The standard InChI is InChI=1S/C40H42BNO/c1-39(2,3)25-26-41(43-6)31-15-12-16-33(27-31)42(32-21-19-30(20-22-32)29-13-8-7-9-14-29)34-23-24-36-35-17-10-11-18-37(35)40(4,5)38(36)28-34/h7-24,27-28H,25-26H2,1-6H3. The van der Waals surface area contributed by atoms with E-state index >= 15 is 0 Å². The van der Waals surface area contributed by atoms with Gasteiger partial charge < -0.3 is 9.55 Å². The highest BCUT2D eigenvalue weighted by Crippen LogP contribution is 2.50. The fourth-order valence-electron chi connectivity index (χ4n) is 6.56. The summed E-state index contributed by atoms with van der Waals surface area (Å²) in [5.74, 6) is 0. The molecule has 0 amide bonds. The Morgan fingerprint density at radius 3 is 1.98 bits per heavy atom. The van der Waals surface area contributed by atoms with Crippen molar-refractivity contribution in [3.63, 3.8) is 0 Å². The Morgan fingerprint density at radius 1 is 0.628 bits per heavy atom. The fraction of sp³-hybridized carbons (Fsp3) is 0.250. The summed E-state index contributed by atoms with van der Waals surface area (Å²) in [5.41, 5.74) is 12.7. The molecule has 0 spiro atoms. The van der Waals surface area contributed by atoms with Crippen LogP contribution in [0.3, 0.4) is 0 Å². The lowest BCUT2D eigenvalue weighted by Crippen LogP contribution is -2.33.